The van der Waals surface area contributed by atoms with Crippen molar-refractivity contribution in [3.63, 3.8) is 0 Å². The Morgan fingerprint density at radius 2 is 1.48 bits per heavy atom. The van der Waals surface area contributed by atoms with Crippen molar-refractivity contribution in [2.24, 2.45) is 0 Å². The van der Waals surface area contributed by atoms with Gasteiger partial charge in [-0.15, -0.1) is 0 Å². The van der Waals surface area contributed by atoms with Gasteiger partial charge in [0.15, 0.2) is 12.4 Å². The number of aromatic hydroxyl groups is 1. The van der Waals surface area contributed by atoms with Crippen LogP contribution in [0, 0.1) is 13.8 Å². The van der Waals surface area contributed by atoms with E-state index in [4.69, 9.17) is 14.2 Å². The zero-order valence-corrected chi connectivity index (χ0v) is 31.7. The molecule has 3 fully saturated rings. The van der Waals surface area contributed by atoms with Gasteiger partial charge in [-0.25, -0.2) is 14.4 Å². The lowest BCUT2D eigenvalue weighted by Crippen LogP contribution is -2.53. The fourth-order valence-electron chi connectivity index (χ4n) is 8.32. The smallest absolute Gasteiger partial charge is 0.410 e. The number of carbonyl (C=O) groups is 4. The highest BCUT2D eigenvalue weighted by molar-refractivity contribution is 5.91. The summed E-state index contributed by atoms with van der Waals surface area (Å²) < 4.78 is 16.5. The monoisotopic (exact) mass is 749 g/mol. The summed E-state index contributed by atoms with van der Waals surface area (Å²) in [5, 5.41) is 22.6. The van der Waals surface area contributed by atoms with Gasteiger partial charge in [-0.3, -0.25) is 4.79 Å². The molecule has 0 radical (unpaired) electrons. The molecule has 54 heavy (non-hydrogen) atoms. The van der Waals surface area contributed by atoms with Crippen LogP contribution in [-0.2, 0) is 36.6 Å². The van der Waals surface area contributed by atoms with Crippen LogP contribution >= 0.6 is 0 Å². The number of anilines is 1. The van der Waals surface area contributed by atoms with E-state index < -0.39 is 24.5 Å². The number of aryl methyl sites for hydroxylation is 2. The number of likely N-dealkylation sites (tertiary alicyclic amines) is 3. The molecule has 14 nitrogen and oxygen atoms in total. The van der Waals surface area contributed by atoms with E-state index in [9.17, 15) is 29.4 Å². The van der Waals surface area contributed by atoms with Crippen LogP contribution < -0.4 is 5.32 Å². The summed E-state index contributed by atoms with van der Waals surface area (Å²) in [7, 11) is 0. The number of esters is 1. The zero-order valence-electron chi connectivity index (χ0n) is 31.7. The molecular formula is C40H55N5O9. The second-order valence-electron chi connectivity index (χ2n) is 15.1. The Kier molecular flexibility index (Phi) is 13.0. The average molecular weight is 750 g/mol. The highest BCUT2D eigenvalue weighted by Gasteiger charge is 2.37. The number of nitrogens with one attached hydrogen (secondary N) is 1. The molecular weight excluding hydrogens is 694 g/mol. The first-order chi connectivity index (χ1) is 25.9. The van der Waals surface area contributed by atoms with E-state index in [1.165, 1.54) is 6.92 Å². The summed E-state index contributed by atoms with van der Waals surface area (Å²) in [5.74, 6) is -0.601. The Bertz CT molecular complexity index is 1620. The lowest BCUT2D eigenvalue weighted by Gasteiger charge is -2.42. The van der Waals surface area contributed by atoms with Gasteiger partial charge in [-0.2, -0.15) is 0 Å². The molecule has 4 aliphatic rings. The Hall–Kier alpha value is -4.40. The van der Waals surface area contributed by atoms with Gasteiger partial charge in [0.25, 0.3) is 5.91 Å². The zero-order chi connectivity index (χ0) is 38.4. The van der Waals surface area contributed by atoms with Crippen molar-refractivity contribution in [2.75, 3.05) is 57.7 Å². The largest absolute Gasteiger partial charge is 0.507 e. The number of hydrogen-bond donors (Lipinski definition) is 3. The van der Waals surface area contributed by atoms with Crippen LogP contribution in [0.15, 0.2) is 36.4 Å². The molecule has 0 saturated carbocycles. The highest BCUT2D eigenvalue weighted by Crippen LogP contribution is 2.28. The van der Waals surface area contributed by atoms with Crippen LogP contribution in [0.1, 0.15) is 67.7 Å². The number of ether oxygens (including phenoxy) is 3. The Morgan fingerprint density at radius 3 is 2.15 bits per heavy atom. The minimum atomic E-state index is -1.16. The number of benzene rings is 2. The SMILES string of the molecule is Cc1cc(C[C@@H](OC(=O)N2CCC(N3CCc4ccccc4NC3=O)CC2)C(=O)N2CCC(N3CCC(OCC(=O)OC(C)O)CC3)CC2)cc(C)c1O. The number of para-hydroxylation sites is 1. The molecule has 0 bridgehead atoms. The van der Waals surface area contributed by atoms with Gasteiger partial charge in [0.1, 0.15) is 12.4 Å². The lowest BCUT2D eigenvalue weighted by molar-refractivity contribution is -0.172. The molecule has 0 aliphatic carbocycles. The van der Waals surface area contributed by atoms with E-state index in [0.717, 1.165) is 62.0 Å². The van der Waals surface area contributed by atoms with Gasteiger partial charge in [-0.1, -0.05) is 30.3 Å². The molecule has 294 valence electrons. The predicted octanol–water partition coefficient (Wildman–Crippen LogP) is 3.96. The Morgan fingerprint density at radius 1 is 0.852 bits per heavy atom. The third kappa shape index (κ3) is 9.82. The summed E-state index contributed by atoms with van der Waals surface area (Å²) in [4.78, 5) is 60.4. The van der Waals surface area contributed by atoms with E-state index in [0.29, 0.717) is 62.7 Å². The molecule has 2 aromatic carbocycles. The van der Waals surface area contributed by atoms with Crippen molar-refractivity contribution >= 4 is 29.7 Å². The van der Waals surface area contributed by atoms with E-state index in [-0.39, 0.29) is 42.9 Å². The summed E-state index contributed by atoms with van der Waals surface area (Å²) in [6, 6.07) is 11.7. The summed E-state index contributed by atoms with van der Waals surface area (Å²) in [6.45, 7) is 8.98. The number of amides is 4. The molecule has 1 unspecified atom stereocenters. The van der Waals surface area contributed by atoms with E-state index in [1.807, 2.05) is 55.1 Å². The maximum absolute atomic E-state index is 14.1. The summed E-state index contributed by atoms with van der Waals surface area (Å²) >= 11 is 0. The average Bonchev–Trinajstić information content (AvgIpc) is 3.33. The molecule has 6 rings (SSSR count). The molecule has 4 aliphatic heterocycles. The lowest BCUT2D eigenvalue weighted by atomic mass is 9.97. The number of urea groups is 1. The molecule has 0 aromatic heterocycles. The van der Waals surface area contributed by atoms with Crippen molar-refractivity contribution in [3.8, 4) is 5.75 Å². The number of rotatable bonds is 10. The van der Waals surface area contributed by atoms with E-state index in [1.54, 1.807) is 9.80 Å². The molecule has 3 saturated heterocycles. The summed E-state index contributed by atoms with van der Waals surface area (Å²) in [5.41, 5.74) is 4.14. The quantitative estimate of drug-likeness (QED) is 0.240. The normalized spacial score (nSPS) is 20.4. The highest BCUT2D eigenvalue weighted by atomic mass is 16.6. The Labute approximate surface area is 317 Å². The van der Waals surface area contributed by atoms with Crippen LogP contribution in [0.3, 0.4) is 0 Å². The Balaban J connectivity index is 1.03. The minimum Gasteiger partial charge on any atom is -0.507 e. The van der Waals surface area contributed by atoms with Gasteiger partial charge in [-0.05, 0) is 94.0 Å². The third-order valence-corrected chi connectivity index (χ3v) is 11.3. The molecule has 0 spiro atoms. The second kappa shape index (κ2) is 17.8. The number of nitrogens with zero attached hydrogens (tertiary/aromatic N) is 4. The molecule has 2 atom stereocenters. The van der Waals surface area contributed by atoms with E-state index in [2.05, 4.69) is 10.2 Å². The van der Waals surface area contributed by atoms with Crippen molar-refractivity contribution in [2.45, 2.75) is 103 Å². The maximum Gasteiger partial charge on any atom is 0.410 e. The number of phenols is 1. The van der Waals surface area contributed by atoms with Gasteiger partial charge in [0.2, 0.25) is 0 Å². The number of aliphatic hydroxyl groups excluding tert-OH is 1. The van der Waals surface area contributed by atoms with Gasteiger partial charge < -0.3 is 49.3 Å². The van der Waals surface area contributed by atoms with Crippen LogP contribution in [0.4, 0.5) is 15.3 Å². The topological polar surface area (TPSA) is 161 Å². The van der Waals surface area contributed by atoms with Crippen molar-refractivity contribution in [3.05, 3.63) is 58.7 Å². The molecule has 2 aromatic rings. The van der Waals surface area contributed by atoms with E-state index >= 15 is 0 Å². The molecule has 14 heteroatoms. The first-order valence-electron chi connectivity index (χ1n) is 19.4. The number of piperidine rings is 3. The standard InChI is InChI=1S/C40H55N5O9/c1-26-22-29(23-27(2)37(26)48)24-35(38(49)43-15-9-31(10-16-43)42-19-13-33(14-20-42)52-25-36(47)53-28(3)46)54-40(51)44-17-11-32(12-18-44)45-21-8-30-6-4-5-7-34(30)41-39(45)50/h4-7,22-23,28,31-33,35,46,48H,8-21,24-25H2,1-3H3,(H,41,50)/t28?,35-/m1/s1. The summed E-state index contributed by atoms with van der Waals surface area (Å²) in [6.07, 6.45) is 2.53. The van der Waals surface area contributed by atoms with Crippen LogP contribution in [0.5, 0.6) is 5.75 Å². The molecule has 4 amide bonds. The fraction of sp³-hybridized carbons (Fsp3) is 0.600. The van der Waals surface area contributed by atoms with Gasteiger partial charge >= 0.3 is 18.1 Å². The minimum absolute atomic E-state index is 0.0112. The van der Waals surface area contributed by atoms with Crippen molar-refractivity contribution in [1.82, 2.24) is 19.6 Å². The first-order valence-corrected chi connectivity index (χ1v) is 19.4. The second-order valence-corrected chi connectivity index (χ2v) is 15.1. The number of carbonyl (C=O) groups excluding carboxylic acids is 4. The molecule has 4 heterocycles. The number of fused-ring (bicyclic) bond motifs is 1. The fourth-order valence-corrected chi connectivity index (χ4v) is 8.32. The number of aliphatic hydroxyl groups is 1. The predicted molar refractivity (Wildman–Crippen MR) is 200 cm³/mol. The first kappa shape index (κ1) is 39.3. The number of phenolic OH excluding ortho intramolecular Hbond substituents is 1. The van der Waals surface area contributed by atoms with Crippen LogP contribution in [0.2, 0.25) is 0 Å². The maximum atomic E-state index is 14.1. The van der Waals surface area contributed by atoms with Gasteiger partial charge in [0.05, 0.1) is 6.10 Å². The molecule has 3 N–H and O–H groups in total. The number of hydrogen-bond acceptors (Lipinski definition) is 10. The van der Waals surface area contributed by atoms with Crippen LogP contribution in [-0.4, -0.2) is 137 Å². The van der Waals surface area contributed by atoms with Crippen LogP contribution in [0.25, 0.3) is 0 Å². The van der Waals surface area contributed by atoms with Gasteiger partial charge in [0, 0.05) is 70.0 Å². The third-order valence-electron chi connectivity index (χ3n) is 11.3. The van der Waals surface area contributed by atoms with Crippen molar-refractivity contribution < 1.29 is 43.6 Å². The van der Waals surface area contributed by atoms with Crippen molar-refractivity contribution in [1.29, 1.82) is 0 Å².